The minimum atomic E-state index is -0.333. The Morgan fingerprint density at radius 1 is 1.17 bits per heavy atom. The van der Waals surface area contributed by atoms with Gasteiger partial charge in [0.15, 0.2) is 5.13 Å². The van der Waals surface area contributed by atoms with Crippen LogP contribution in [0.15, 0.2) is 58.2 Å². The maximum Gasteiger partial charge on any atom is 0.281 e. The zero-order valence-corrected chi connectivity index (χ0v) is 14.2. The summed E-state index contributed by atoms with van der Waals surface area (Å²) in [6, 6.07) is 14.5. The van der Waals surface area contributed by atoms with Crippen molar-refractivity contribution < 1.29 is 4.79 Å². The number of benzene rings is 2. The fourth-order valence-electron chi connectivity index (χ4n) is 1.90. The van der Waals surface area contributed by atoms with Crippen LogP contribution in [0.2, 0.25) is 5.02 Å². The minimum Gasteiger partial charge on any atom is -0.301 e. The molecule has 0 aliphatic rings. The van der Waals surface area contributed by atoms with Gasteiger partial charge in [0.2, 0.25) is 5.91 Å². The number of hydrogen-bond donors (Lipinski definition) is 1. The van der Waals surface area contributed by atoms with Crippen LogP contribution in [0.5, 0.6) is 0 Å². The molecule has 0 saturated carbocycles. The molecule has 116 valence electrons. The van der Waals surface area contributed by atoms with Crippen molar-refractivity contribution in [3.63, 3.8) is 0 Å². The molecule has 7 heteroatoms. The zero-order valence-electron chi connectivity index (χ0n) is 11.8. The molecule has 0 fully saturated rings. The normalized spacial score (nSPS) is 10.7. The number of nitrogens with zero attached hydrogens (tertiary/aromatic N) is 1. The molecule has 0 atom stereocenters. The number of fused-ring (bicyclic) bond motifs is 1. The van der Waals surface area contributed by atoms with Gasteiger partial charge in [0.05, 0.1) is 11.1 Å². The summed E-state index contributed by atoms with van der Waals surface area (Å²) in [5.74, 6) is 0.0280. The first kappa shape index (κ1) is 16.0. The molecule has 0 aliphatic heterocycles. The maximum absolute atomic E-state index is 12.0. The van der Waals surface area contributed by atoms with Crippen molar-refractivity contribution in [3.8, 4) is 0 Å². The van der Waals surface area contributed by atoms with Gasteiger partial charge in [-0.05, 0) is 36.4 Å². The van der Waals surface area contributed by atoms with Crippen LogP contribution >= 0.6 is 34.7 Å². The standard InChI is InChI=1S/C16H11ClN2O2S2/c17-10-5-7-11(8-6-10)22-9-14(20)18-16-19-15(21)12-3-1-2-4-13(12)23-16/h1-8H,9H2,(H,18,19,20,21). The lowest BCUT2D eigenvalue weighted by Crippen LogP contribution is -2.17. The van der Waals surface area contributed by atoms with E-state index in [2.05, 4.69) is 10.3 Å². The van der Waals surface area contributed by atoms with Crippen molar-refractivity contribution in [3.05, 3.63) is 63.9 Å². The lowest BCUT2D eigenvalue weighted by atomic mass is 10.3. The largest absolute Gasteiger partial charge is 0.301 e. The maximum atomic E-state index is 12.0. The summed E-state index contributed by atoms with van der Waals surface area (Å²) < 4.78 is 0.799. The average Bonchev–Trinajstić information content (AvgIpc) is 2.54. The molecule has 0 aliphatic carbocycles. The highest BCUT2D eigenvalue weighted by Crippen LogP contribution is 2.22. The minimum absolute atomic E-state index is 0.205. The van der Waals surface area contributed by atoms with Gasteiger partial charge in [-0.2, -0.15) is 4.98 Å². The van der Waals surface area contributed by atoms with Crippen molar-refractivity contribution in [1.82, 2.24) is 4.98 Å². The van der Waals surface area contributed by atoms with E-state index in [9.17, 15) is 9.59 Å². The molecule has 1 aromatic heterocycles. The van der Waals surface area contributed by atoms with E-state index in [1.54, 1.807) is 24.3 Å². The molecule has 0 bridgehead atoms. The van der Waals surface area contributed by atoms with Gasteiger partial charge in [-0.25, -0.2) is 0 Å². The number of rotatable bonds is 4. The molecule has 1 heterocycles. The highest BCUT2D eigenvalue weighted by Gasteiger charge is 2.08. The summed E-state index contributed by atoms with van der Waals surface area (Å²) in [6.45, 7) is 0. The van der Waals surface area contributed by atoms with E-state index in [1.807, 2.05) is 24.3 Å². The zero-order chi connectivity index (χ0) is 16.2. The number of thioether (sulfide) groups is 1. The van der Waals surface area contributed by atoms with Gasteiger partial charge < -0.3 is 5.32 Å². The lowest BCUT2D eigenvalue weighted by molar-refractivity contribution is -0.113. The topological polar surface area (TPSA) is 59.1 Å². The molecular weight excluding hydrogens is 352 g/mol. The Hall–Kier alpha value is -1.89. The lowest BCUT2D eigenvalue weighted by Gasteiger charge is -2.04. The molecule has 2 aromatic carbocycles. The fourth-order valence-corrected chi connectivity index (χ4v) is 3.64. The summed E-state index contributed by atoms with van der Waals surface area (Å²) >= 11 is 8.49. The molecule has 1 amide bonds. The summed E-state index contributed by atoms with van der Waals surface area (Å²) in [6.07, 6.45) is 0. The van der Waals surface area contributed by atoms with Crippen LogP contribution in [0.25, 0.3) is 10.1 Å². The Bertz CT molecular complexity index is 910. The Morgan fingerprint density at radius 3 is 2.70 bits per heavy atom. The number of nitrogens with one attached hydrogen (secondary N) is 1. The van der Waals surface area contributed by atoms with Crippen molar-refractivity contribution in [1.29, 1.82) is 0 Å². The second-order valence-electron chi connectivity index (χ2n) is 4.61. The SMILES string of the molecule is O=C(CSc1ccc(Cl)cc1)Nc1nc(=O)c2ccccc2s1. The number of carbonyl (C=O) groups excluding carboxylic acids is 1. The molecule has 0 saturated heterocycles. The average molecular weight is 363 g/mol. The Labute approximate surface area is 145 Å². The van der Waals surface area contributed by atoms with Gasteiger partial charge in [-0.1, -0.05) is 35.1 Å². The third kappa shape index (κ3) is 4.10. The summed E-state index contributed by atoms with van der Waals surface area (Å²) in [5.41, 5.74) is -0.333. The summed E-state index contributed by atoms with van der Waals surface area (Å²) in [5, 5.41) is 4.21. The number of anilines is 1. The van der Waals surface area contributed by atoms with E-state index >= 15 is 0 Å². The van der Waals surface area contributed by atoms with Crippen LogP contribution in [-0.2, 0) is 4.79 Å². The van der Waals surface area contributed by atoms with E-state index in [0.29, 0.717) is 15.5 Å². The second kappa shape index (κ2) is 7.12. The van der Waals surface area contributed by atoms with E-state index in [4.69, 9.17) is 11.6 Å². The highest BCUT2D eigenvalue weighted by atomic mass is 35.5. The Kier molecular flexibility index (Phi) is 4.95. The van der Waals surface area contributed by atoms with Crippen molar-refractivity contribution in [2.75, 3.05) is 11.1 Å². The molecule has 3 aromatic rings. The smallest absolute Gasteiger partial charge is 0.281 e. The second-order valence-corrected chi connectivity index (χ2v) is 7.13. The Balaban J connectivity index is 1.68. The van der Waals surface area contributed by atoms with Crippen molar-refractivity contribution in [2.24, 2.45) is 0 Å². The highest BCUT2D eigenvalue weighted by molar-refractivity contribution is 8.00. The van der Waals surface area contributed by atoms with Crippen LogP contribution in [0, 0.1) is 0 Å². The molecule has 1 N–H and O–H groups in total. The molecule has 23 heavy (non-hydrogen) atoms. The molecular formula is C16H11ClN2O2S2. The molecule has 4 nitrogen and oxygen atoms in total. The number of carbonyl (C=O) groups is 1. The number of halogens is 1. The number of amides is 1. The predicted molar refractivity (Wildman–Crippen MR) is 96.7 cm³/mol. The fraction of sp³-hybridized carbons (Fsp3) is 0.0625. The van der Waals surface area contributed by atoms with Crippen LogP contribution in [0.1, 0.15) is 0 Å². The van der Waals surface area contributed by atoms with Gasteiger partial charge in [-0.3, -0.25) is 9.59 Å². The third-order valence-electron chi connectivity index (χ3n) is 2.96. The van der Waals surface area contributed by atoms with Crippen molar-refractivity contribution >= 4 is 55.8 Å². The van der Waals surface area contributed by atoms with Crippen LogP contribution in [0.3, 0.4) is 0 Å². The molecule has 0 spiro atoms. The van der Waals surface area contributed by atoms with Gasteiger partial charge in [-0.15, -0.1) is 11.8 Å². The van der Waals surface area contributed by atoms with E-state index < -0.39 is 0 Å². The quantitative estimate of drug-likeness (QED) is 0.711. The van der Waals surface area contributed by atoms with Gasteiger partial charge in [0.25, 0.3) is 5.56 Å². The van der Waals surface area contributed by atoms with Crippen LogP contribution in [-0.4, -0.2) is 16.6 Å². The third-order valence-corrected chi connectivity index (χ3v) is 5.18. The summed E-state index contributed by atoms with van der Waals surface area (Å²) in [4.78, 5) is 28.8. The van der Waals surface area contributed by atoms with Crippen molar-refractivity contribution in [2.45, 2.75) is 4.90 Å². The number of aromatic nitrogens is 1. The van der Waals surface area contributed by atoms with Gasteiger partial charge >= 0.3 is 0 Å². The molecule has 3 rings (SSSR count). The van der Waals surface area contributed by atoms with E-state index in [-0.39, 0.29) is 17.2 Å². The Morgan fingerprint density at radius 2 is 1.91 bits per heavy atom. The molecule has 0 radical (unpaired) electrons. The monoisotopic (exact) mass is 362 g/mol. The van der Waals surface area contributed by atoms with Gasteiger partial charge in [0.1, 0.15) is 0 Å². The van der Waals surface area contributed by atoms with Crippen LogP contribution in [0.4, 0.5) is 5.13 Å². The van der Waals surface area contributed by atoms with E-state index in [1.165, 1.54) is 23.1 Å². The van der Waals surface area contributed by atoms with Crippen LogP contribution < -0.4 is 10.9 Å². The first-order chi connectivity index (χ1) is 11.1. The number of hydrogen-bond acceptors (Lipinski definition) is 5. The predicted octanol–water partition coefficient (Wildman–Crippen LogP) is 4.04. The first-order valence-corrected chi connectivity index (χ1v) is 8.88. The first-order valence-electron chi connectivity index (χ1n) is 6.70. The molecule has 0 unspecified atom stereocenters. The summed E-state index contributed by atoms with van der Waals surface area (Å²) in [7, 11) is 0. The van der Waals surface area contributed by atoms with E-state index in [0.717, 1.165) is 9.60 Å². The van der Waals surface area contributed by atoms with Gasteiger partial charge in [0, 0.05) is 14.6 Å².